The number of fused-ring (bicyclic) bond motifs is 1. The molecule has 15 heavy (non-hydrogen) atoms. The van der Waals surface area contributed by atoms with Crippen LogP contribution in [0.4, 0.5) is 0 Å². The highest BCUT2D eigenvalue weighted by Crippen LogP contribution is 2.20. The SMILES string of the molecule is CSc1ncc2c(C)c(Br)c(=O)[nH]c2n1. The van der Waals surface area contributed by atoms with E-state index in [1.807, 2.05) is 13.2 Å². The molecule has 0 saturated heterocycles. The predicted octanol–water partition coefficient (Wildman–Crippen LogP) is 2.11. The number of rotatable bonds is 1. The highest BCUT2D eigenvalue weighted by atomic mass is 79.9. The van der Waals surface area contributed by atoms with Gasteiger partial charge in [-0.05, 0) is 34.7 Å². The lowest BCUT2D eigenvalue weighted by molar-refractivity contribution is 0.983. The molecule has 0 radical (unpaired) electrons. The highest BCUT2D eigenvalue weighted by Gasteiger charge is 2.08. The maximum atomic E-state index is 11.5. The van der Waals surface area contributed by atoms with E-state index in [9.17, 15) is 4.79 Å². The Labute approximate surface area is 98.7 Å². The van der Waals surface area contributed by atoms with E-state index in [0.717, 1.165) is 10.9 Å². The van der Waals surface area contributed by atoms with Gasteiger partial charge in [0, 0.05) is 11.6 Å². The number of nitrogens with zero attached hydrogens (tertiary/aromatic N) is 2. The van der Waals surface area contributed by atoms with Crippen molar-refractivity contribution in [1.82, 2.24) is 15.0 Å². The number of aromatic amines is 1. The lowest BCUT2D eigenvalue weighted by Gasteiger charge is -2.03. The van der Waals surface area contributed by atoms with Gasteiger partial charge in [0.05, 0.1) is 4.47 Å². The van der Waals surface area contributed by atoms with E-state index in [1.54, 1.807) is 6.20 Å². The Kier molecular flexibility index (Phi) is 2.79. The van der Waals surface area contributed by atoms with Crippen molar-refractivity contribution in [3.8, 4) is 0 Å². The Hall–Kier alpha value is -0.880. The summed E-state index contributed by atoms with van der Waals surface area (Å²) in [7, 11) is 0. The second kappa shape index (κ2) is 3.94. The molecule has 0 saturated carbocycles. The number of hydrogen-bond donors (Lipinski definition) is 1. The minimum Gasteiger partial charge on any atom is -0.305 e. The number of H-pyrrole nitrogens is 1. The zero-order chi connectivity index (χ0) is 11.0. The zero-order valence-corrected chi connectivity index (χ0v) is 10.6. The molecule has 0 aliphatic carbocycles. The Balaban J connectivity index is 2.86. The molecule has 0 unspecified atom stereocenters. The summed E-state index contributed by atoms with van der Waals surface area (Å²) in [6, 6.07) is 0. The first-order valence-electron chi connectivity index (χ1n) is 4.22. The van der Waals surface area contributed by atoms with E-state index in [-0.39, 0.29) is 5.56 Å². The molecule has 0 spiro atoms. The first-order valence-corrected chi connectivity index (χ1v) is 6.24. The van der Waals surface area contributed by atoms with Crippen LogP contribution in [0.25, 0.3) is 11.0 Å². The molecular weight excluding hydrogens is 278 g/mol. The molecule has 4 nitrogen and oxygen atoms in total. The summed E-state index contributed by atoms with van der Waals surface area (Å²) >= 11 is 4.67. The number of aromatic nitrogens is 3. The molecule has 2 heterocycles. The van der Waals surface area contributed by atoms with Crippen molar-refractivity contribution in [2.24, 2.45) is 0 Å². The molecule has 6 heteroatoms. The van der Waals surface area contributed by atoms with Crippen LogP contribution in [0.5, 0.6) is 0 Å². The lowest BCUT2D eigenvalue weighted by atomic mass is 10.2. The Morgan fingerprint density at radius 1 is 1.53 bits per heavy atom. The number of aryl methyl sites for hydroxylation is 1. The van der Waals surface area contributed by atoms with Gasteiger partial charge in [-0.2, -0.15) is 0 Å². The topological polar surface area (TPSA) is 58.6 Å². The first kappa shape index (κ1) is 10.6. The van der Waals surface area contributed by atoms with Crippen molar-refractivity contribution in [2.45, 2.75) is 12.1 Å². The summed E-state index contributed by atoms with van der Waals surface area (Å²) < 4.78 is 0.538. The maximum Gasteiger partial charge on any atom is 0.264 e. The molecule has 0 aliphatic heterocycles. The molecule has 0 bridgehead atoms. The van der Waals surface area contributed by atoms with Gasteiger partial charge in [-0.25, -0.2) is 9.97 Å². The fraction of sp³-hybridized carbons (Fsp3) is 0.222. The molecule has 0 amide bonds. The summed E-state index contributed by atoms with van der Waals surface area (Å²) in [4.78, 5) is 22.6. The van der Waals surface area contributed by atoms with Crippen LogP contribution in [-0.2, 0) is 0 Å². The van der Waals surface area contributed by atoms with Crippen molar-refractivity contribution in [3.05, 3.63) is 26.6 Å². The van der Waals surface area contributed by atoms with E-state index in [0.29, 0.717) is 15.3 Å². The van der Waals surface area contributed by atoms with Crippen molar-refractivity contribution in [1.29, 1.82) is 0 Å². The summed E-state index contributed by atoms with van der Waals surface area (Å²) in [5, 5.41) is 1.51. The molecule has 0 atom stereocenters. The van der Waals surface area contributed by atoms with Crippen LogP contribution in [0.2, 0.25) is 0 Å². The number of hydrogen-bond acceptors (Lipinski definition) is 4. The second-order valence-corrected chi connectivity index (χ2v) is 4.58. The van der Waals surface area contributed by atoms with Gasteiger partial charge in [0.15, 0.2) is 5.16 Å². The maximum absolute atomic E-state index is 11.5. The fourth-order valence-electron chi connectivity index (χ4n) is 1.28. The fourth-order valence-corrected chi connectivity index (χ4v) is 1.94. The van der Waals surface area contributed by atoms with Gasteiger partial charge >= 0.3 is 0 Å². The van der Waals surface area contributed by atoms with Gasteiger partial charge in [0.2, 0.25) is 0 Å². The van der Waals surface area contributed by atoms with Gasteiger partial charge in [-0.1, -0.05) is 11.8 Å². The quantitative estimate of drug-likeness (QED) is 0.644. The van der Waals surface area contributed by atoms with Crippen molar-refractivity contribution < 1.29 is 0 Å². The van der Waals surface area contributed by atoms with Gasteiger partial charge in [0.25, 0.3) is 5.56 Å². The molecular formula is C9H8BrN3OS. The Morgan fingerprint density at radius 3 is 2.93 bits per heavy atom. The lowest BCUT2D eigenvalue weighted by Crippen LogP contribution is -2.10. The monoisotopic (exact) mass is 285 g/mol. The van der Waals surface area contributed by atoms with Gasteiger partial charge in [-0.15, -0.1) is 0 Å². The van der Waals surface area contributed by atoms with Gasteiger partial charge in [-0.3, -0.25) is 4.79 Å². The van der Waals surface area contributed by atoms with Crippen LogP contribution in [-0.4, -0.2) is 21.2 Å². The Bertz CT molecular complexity index is 581. The van der Waals surface area contributed by atoms with Crippen LogP contribution in [0, 0.1) is 6.92 Å². The third-order valence-corrected chi connectivity index (χ3v) is 3.63. The van der Waals surface area contributed by atoms with Crippen LogP contribution >= 0.6 is 27.7 Å². The third kappa shape index (κ3) is 1.79. The number of pyridine rings is 1. The van der Waals surface area contributed by atoms with E-state index in [2.05, 4.69) is 30.9 Å². The van der Waals surface area contributed by atoms with E-state index in [1.165, 1.54) is 11.8 Å². The molecule has 2 aromatic heterocycles. The molecule has 0 aromatic carbocycles. The summed E-state index contributed by atoms with van der Waals surface area (Å²) in [5.41, 5.74) is 1.28. The average Bonchev–Trinajstić information content (AvgIpc) is 2.25. The minimum absolute atomic E-state index is 0.161. The van der Waals surface area contributed by atoms with Crippen LogP contribution in [0.15, 0.2) is 20.6 Å². The van der Waals surface area contributed by atoms with Crippen molar-refractivity contribution >= 4 is 38.7 Å². The van der Waals surface area contributed by atoms with Gasteiger partial charge in [0.1, 0.15) is 5.65 Å². The summed E-state index contributed by atoms with van der Waals surface area (Å²) in [6.45, 7) is 1.86. The summed E-state index contributed by atoms with van der Waals surface area (Å²) in [6.07, 6.45) is 3.62. The van der Waals surface area contributed by atoms with Crippen LogP contribution in [0.1, 0.15) is 5.56 Å². The number of thioether (sulfide) groups is 1. The number of halogens is 1. The second-order valence-electron chi connectivity index (χ2n) is 3.01. The normalized spacial score (nSPS) is 10.9. The van der Waals surface area contributed by atoms with Gasteiger partial charge < -0.3 is 4.98 Å². The average molecular weight is 286 g/mol. The van der Waals surface area contributed by atoms with E-state index < -0.39 is 0 Å². The van der Waals surface area contributed by atoms with E-state index in [4.69, 9.17) is 0 Å². The largest absolute Gasteiger partial charge is 0.305 e. The number of nitrogens with one attached hydrogen (secondary N) is 1. The highest BCUT2D eigenvalue weighted by molar-refractivity contribution is 9.10. The molecule has 1 N–H and O–H groups in total. The molecule has 78 valence electrons. The first-order chi connectivity index (χ1) is 7.13. The Morgan fingerprint density at radius 2 is 2.27 bits per heavy atom. The molecule has 2 rings (SSSR count). The van der Waals surface area contributed by atoms with E-state index >= 15 is 0 Å². The minimum atomic E-state index is -0.161. The molecule has 0 aliphatic rings. The van der Waals surface area contributed by atoms with Crippen LogP contribution < -0.4 is 5.56 Å². The predicted molar refractivity (Wildman–Crippen MR) is 64.4 cm³/mol. The standard InChI is InChI=1S/C9H8BrN3OS/c1-4-5-3-11-9(15-2)13-7(5)12-8(14)6(4)10/h3H,1-2H3,(H,11,12,13,14). The smallest absolute Gasteiger partial charge is 0.264 e. The third-order valence-electron chi connectivity index (χ3n) is 2.11. The molecule has 2 aromatic rings. The van der Waals surface area contributed by atoms with Crippen LogP contribution in [0.3, 0.4) is 0 Å². The van der Waals surface area contributed by atoms with Crippen molar-refractivity contribution in [2.75, 3.05) is 6.26 Å². The van der Waals surface area contributed by atoms with Crippen molar-refractivity contribution in [3.63, 3.8) is 0 Å². The molecule has 0 fully saturated rings. The summed E-state index contributed by atoms with van der Waals surface area (Å²) in [5.74, 6) is 0. The zero-order valence-electron chi connectivity index (χ0n) is 8.17.